The molecular formula is C9H19ClN2O2S. The van der Waals surface area contributed by atoms with Crippen LogP contribution in [0.2, 0.25) is 0 Å². The second-order valence-electron chi connectivity index (χ2n) is 4.00. The molecule has 0 aliphatic carbocycles. The van der Waals surface area contributed by atoms with E-state index in [1.54, 1.807) is 11.4 Å². The number of alkyl halides is 1. The van der Waals surface area contributed by atoms with Gasteiger partial charge in [0.1, 0.15) is 0 Å². The Labute approximate surface area is 97.4 Å². The van der Waals surface area contributed by atoms with Crippen LogP contribution in [0.5, 0.6) is 0 Å². The molecule has 1 heterocycles. The molecular weight excluding hydrogens is 236 g/mol. The molecule has 0 aromatic carbocycles. The zero-order chi connectivity index (χ0) is 11.5. The summed E-state index contributed by atoms with van der Waals surface area (Å²) in [6.45, 7) is 3.67. The predicted molar refractivity (Wildman–Crippen MR) is 62.3 cm³/mol. The van der Waals surface area contributed by atoms with Crippen molar-refractivity contribution in [3.8, 4) is 0 Å². The van der Waals surface area contributed by atoms with Gasteiger partial charge in [0.15, 0.2) is 0 Å². The molecule has 90 valence electrons. The van der Waals surface area contributed by atoms with Crippen molar-refractivity contribution in [3.05, 3.63) is 0 Å². The summed E-state index contributed by atoms with van der Waals surface area (Å²) in [5.74, 6) is 0. The molecule has 1 unspecified atom stereocenters. The smallest absolute Gasteiger partial charge is 0.195 e. The van der Waals surface area contributed by atoms with Gasteiger partial charge in [0, 0.05) is 32.1 Å². The minimum Gasteiger partial charge on any atom is -0.195 e. The molecule has 0 spiro atoms. The van der Waals surface area contributed by atoms with Gasteiger partial charge >= 0.3 is 0 Å². The van der Waals surface area contributed by atoms with Crippen LogP contribution in [0.25, 0.3) is 0 Å². The lowest BCUT2D eigenvalue weighted by Crippen LogP contribution is -2.41. The first-order valence-electron chi connectivity index (χ1n) is 5.30. The Morgan fingerprint density at radius 1 is 1.40 bits per heavy atom. The molecule has 6 heteroatoms. The molecule has 1 rings (SSSR count). The maximum absolute atomic E-state index is 12.0. The number of hydrogen-bond acceptors (Lipinski definition) is 2. The summed E-state index contributed by atoms with van der Waals surface area (Å²) in [4.78, 5) is 0. The highest BCUT2D eigenvalue weighted by atomic mass is 35.5. The fraction of sp³-hybridized carbons (Fsp3) is 1.00. The maximum atomic E-state index is 12.0. The number of nitrogens with zero attached hydrogens (tertiary/aromatic N) is 2. The molecule has 15 heavy (non-hydrogen) atoms. The largest absolute Gasteiger partial charge is 0.281 e. The van der Waals surface area contributed by atoms with E-state index in [2.05, 4.69) is 0 Å². The van der Waals surface area contributed by atoms with Crippen molar-refractivity contribution in [2.75, 3.05) is 26.7 Å². The van der Waals surface area contributed by atoms with Gasteiger partial charge in [0.05, 0.1) is 0 Å². The highest BCUT2D eigenvalue weighted by Crippen LogP contribution is 2.16. The third-order valence-corrected chi connectivity index (χ3v) is 4.83. The van der Waals surface area contributed by atoms with E-state index >= 15 is 0 Å². The van der Waals surface area contributed by atoms with E-state index in [1.165, 1.54) is 4.31 Å². The van der Waals surface area contributed by atoms with Crippen LogP contribution in [0.15, 0.2) is 0 Å². The molecule has 0 aromatic rings. The van der Waals surface area contributed by atoms with Crippen LogP contribution in [0.3, 0.4) is 0 Å². The van der Waals surface area contributed by atoms with Crippen LogP contribution in [-0.2, 0) is 10.2 Å². The van der Waals surface area contributed by atoms with Crippen molar-refractivity contribution in [1.29, 1.82) is 0 Å². The van der Waals surface area contributed by atoms with Crippen LogP contribution in [-0.4, -0.2) is 49.1 Å². The van der Waals surface area contributed by atoms with Gasteiger partial charge in [-0.3, -0.25) is 0 Å². The van der Waals surface area contributed by atoms with E-state index < -0.39 is 10.2 Å². The van der Waals surface area contributed by atoms with Gasteiger partial charge in [0.25, 0.3) is 10.2 Å². The van der Waals surface area contributed by atoms with Crippen molar-refractivity contribution < 1.29 is 8.42 Å². The lowest BCUT2D eigenvalue weighted by molar-refractivity contribution is 0.391. The molecule has 0 saturated carbocycles. The molecule has 1 aliphatic rings. The predicted octanol–water partition coefficient (Wildman–Crippen LogP) is 1.28. The van der Waals surface area contributed by atoms with E-state index in [1.807, 2.05) is 6.92 Å². The Balaban J connectivity index is 2.52. The molecule has 1 aliphatic heterocycles. The summed E-state index contributed by atoms with van der Waals surface area (Å²) in [5, 5.41) is 0.0150. The lowest BCUT2D eigenvalue weighted by Gasteiger charge is -2.23. The van der Waals surface area contributed by atoms with Gasteiger partial charge in [-0.25, -0.2) is 0 Å². The van der Waals surface area contributed by atoms with Gasteiger partial charge in [-0.05, 0) is 26.2 Å². The van der Waals surface area contributed by atoms with E-state index in [9.17, 15) is 8.42 Å². The molecule has 0 amide bonds. The molecule has 0 aromatic heterocycles. The van der Waals surface area contributed by atoms with Gasteiger partial charge in [0.2, 0.25) is 0 Å². The van der Waals surface area contributed by atoms with Crippen LogP contribution >= 0.6 is 11.6 Å². The average Bonchev–Trinajstić information content (AvgIpc) is 2.66. The molecule has 0 radical (unpaired) electrons. The Morgan fingerprint density at radius 3 is 2.40 bits per heavy atom. The summed E-state index contributed by atoms with van der Waals surface area (Å²) in [7, 11) is -1.61. The third-order valence-electron chi connectivity index (χ3n) is 2.63. The first-order valence-corrected chi connectivity index (χ1v) is 7.13. The van der Waals surface area contributed by atoms with Gasteiger partial charge in [-0.2, -0.15) is 17.0 Å². The van der Waals surface area contributed by atoms with E-state index in [0.29, 0.717) is 26.1 Å². The first-order chi connectivity index (χ1) is 6.94. The molecule has 1 saturated heterocycles. The number of hydrogen-bond donors (Lipinski definition) is 0. The van der Waals surface area contributed by atoms with E-state index in [4.69, 9.17) is 11.6 Å². The highest BCUT2D eigenvalue weighted by molar-refractivity contribution is 7.86. The van der Waals surface area contributed by atoms with Gasteiger partial charge in [-0.15, -0.1) is 11.6 Å². The van der Waals surface area contributed by atoms with Crippen molar-refractivity contribution in [2.45, 2.75) is 31.6 Å². The molecule has 4 nitrogen and oxygen atoms in total. The Kier molecular flexibility index (Phi) is 4.83. The highest BCUT2D eigenvalue weighted by Gasteiger charge is 2.28. The third kappa shape index (κ3) is 3.59. The minimum absolute atomic E-state index is 0.0150. The second kappa shape index (κ2) is 5.48. The van der Waals surface area contributed by atoms with Crippen LogP contribution < -0.4 is 0 Å². The van der Waals surface area contributed by atoms with Crippen LogP contribution in [0, 0.1) is 0 Å². The van der Waals surface area contributed by atoms with E-state index in [0.717, 1.165) is 12.8 Å². The summed E-state index contributed by atoms with van der Waals surface area (Å²) < 4.78 is 26.9. The van der Waals surface area contributed by atoms with E-state index in [-0.39, 0.29) is 5.38 Å². The summed E-state index contributed by atoms with van der Waals surface area (Å²) >= 11 is 5.80. The average molecular weight is 255 g/mol. The summed E-state index contributed by atoms with van der Waals surface area (Å²) in [6, 6.07) is 0. The Morgan fingerprint density at radius 2 is 1.93 bits per heavy atom. The van der Waals surface area contributed by atoms with Crippen LogP contribution in [0.1, 0.15) is 26.2 Å². The molecule has 0 N–H and O–H groups in total. The Bertz CT molecular complexity index is 286. The van der Waals surface area contributed by atoms with Gasteiger partial charge in [-0.1, -0.05) is 0 Å². The first kappa shape index (κ1) is 13.2. The van der Waals surface area contributed by atoms with Crippen molar-refractivity contribution >= 4 is 21.8 Å². The lowest BCUT2D eigenvalue weighted by atomic mass is 10.3. The molecule has 1 atom stereocenters. The summed E-state index contributed by atoms with van der Waals surface area (Å²) in [5.41, 5.74) is 0. The summed E-state index contributed by atoms with van der Waals surface area (Å²) in [6.07, 6.45) is 2.63. The zero-order valence-electron chi connectivity index (χ0n) is 9.32. The quantitative estimate of drug-likeness (QED) is 0.694. The number of halogens is 1. The fourth-order valence-electron chi connectivity index (χ4n) is 1.59. The number of rotatable bonds is 5. The topological polar surface area (TPSA) is 40.6 Å². The molecule has 0 bridgehead atoms. The fourth-order valence-corrected chi connectivity index (χ4v) is 3.14. The standard InChI is InChI=1S/C9H19ClN2O2S/c1-9(10)5-8-11(2)15(13,14)12-6-3-4-7-12/h9H,3-8H2,1-2H3. The monoisotopic (exact) mass is 254 g/mol. The SMILES string of the molecule is CC(Cl)CCN(C)S(=O)(=O)N1CCCC1. The second-order valence-corrected chi connectivity index (χ2v) is 6.79. The normalized spacial score (nSPS) is 21.1. The van der Waals surface area contributed by atoms with Crippen molar-refractivity contribution in [2.24, 2.45) is 0 Å². The van der Waals surface area contributed by atoms with Crippen LogP contribution in [0.4, 0.5) is 0 Å². The minimum atomic E-state index is -3.23. The Hall–Kier alpha value is 0.160. The van der Waals surface area contributed by atoms with Crippen molar-refractivity contribution in [1.82, 2.24) is 8.61 Å². The molecule has 1 fully saturated rings. The zero-order valence-corrected chi connectivity index (χ0v) is 10.9. The van der Waals surface area contributed by atoms with Crippen molar-refractivity contribution in [3.63, 3.8) is 0 Å². The maximum Gasteiger partial charge on any atom is 0.281 e. The van der Waals surface area contributed by atoms with Gasteiger partial charge < -0.3 is 0 Å².